The maximum absolute atomic E-state index is 6.10. The molecule has 3 rings (SSSR count). The molecule has 4 nitrogen and oxygen atoms in total. The fraction of sp³-hybridized carbons (Fsp3) is 0.625. The maximum Gasteiger partial charge on any atom is 0.160 e. The third-order valence-corrected chi connectivity index (χ3v) is 4.31. The fourth-order valence-electron chi connectivity index (χ4n) is 3.34. The Labute approximate surface area is 121 Å². The van der Waals surface area contributed by atoms with Gasteiger partial charge >= 0.3 is 0 Å². The third kappa shape index (κ3) is 2.88. The van der Waals surface area contributed by atoms with E-state index < -0.39 is 0 Å². The highest BCUT2D eigenvalue weighted by Crippen LogP contribution is 2.53. The van der Waals surface area contributed by atoms with E-state index in [9.17, 15) is 0 Å². The molecule has 5 atom stereocenters. The number of methoxy groups -OCH3 is 1. The normalized spacial score (nSPS) is 33.2. The molecule has 110 valence electrons. The summed E-state index contributed by atoms with van der Waals surface area (Å²) in [7, 11) is 5.81. The Hall–Kier alpha value is -0.940. The summed E-state index contributed by atoms with van der Waals surface area (Å²) in [6.07, 6.45) is 2.45. The summed E-state index contributed by atoms with van der Waals surface area (Å²) in [4.78, 5) is 0. The number of hydrogen-bond acceptors (Lipinski definition) is 4. The van der Waals surface area contributed by atoms with Crippen molar-refractivity contribution in [2.45, 2.75) is 31.3 Å². The topological polar surface area (TPSA) is 33.7 Å². The van der Waals surface area contributed by atoms with E-state index in [0.717, 1.165) is 6.42 Å². The van der Waals surface area contributed by atoms with Gasteiger partial charge in [-0.15, -0.1) is 0 Å². The van der Waals surface area contributed by atoms with Crippen LogP contribution in [-0.4, -0.2) is 44.6 Å². The summed E-state index contributed by atoms with van der Waals surface area (Å²) in [6, 6.07) is 10.9. The van der Waals surface area contributed by atoms with Crippen molar-refractivity contribution in [2.24, 2.45) is 11.8 Å². The zero-order valence-electron chi connectivity index (χ0n) is 12.5. The zero-order valence-corrected chi connectivity index (χ0v) is 12.5. The summed E-state index contributed by atoms with van der Waals surface area (Å²) in [5.74, 6) is 1.26. The number of hydrogen-bond donors (Lipinski definition) is 1. The lowest BCUT2D eigenvalue weighted by Gasteiger charge is -2.30. The highest BCUT2D eigenvalue weighted by Gasteiger charge is 2.58. The fourth-order valence-corrected chi connectivity index (χ4v) is 3.34. The van der Waals surface area contributed by atoms with E-state index in [2.05, 4.69) is 35.8 Å². The van der Waals surface area contributed by atoms with Gasteiger partial charge in [0.15, 0.2) is 6.29 Å². The van der Waals surface area contributed by atoms with Crippen molar-refractivity contribution in [3.63, 3.8) is 0 Å². The van der Waals surface area contributed by atoms with Crippen LogP contribution in [0.5, 0.6) is 0 Å². The zero-order chi connectivity index (χ0) is 14.1. The number of rotatable bonds is 6. The molecule has 1 aliphatic carbocycles. The quantitative estimate of drug-likeness (QED) is 0.802. The van der Waals surface area contributed by atoms with E-state index >= 15 is 0 Å². The van der Waals surface area contributed by atoms with Crippen LogP contribution in [0.3, 0.4) is 0 Å². The number of nitrogens with one attached hydrogen (secondary N) is 1. The van der Waals surface area contributed by atoms with Gasteiger partial charge in [0, 0.05) is 27.1 Å². The van der Waals surface area contributed by atoms with Gasteiger partial charge < -0.3 is 9.47 Å². The molecule has 2 aliphatic rings. The Kier molecular flexibility index (Phi) is 4.08. The molecule has 0 amide bonds. The van der Waals surface area contributed by atoms with Gasteiger partial charge in [-0.1, -0.05) is 30.3 Å². The molecule has 1 saturated heterocycles. The second-order valence-electron chi connectivity index (χ2n) is 6.09. The summed E-state index contributed by atoms with van der Waals surface area (Å²) >= 11 is 0. The number of fused-ring (bicyclic) bond motifs is 1. The van der Waals surface area contributed by atoms with Crippen LogP contribution in [0.1, 0.15) is 12.0 Å². The third-order valence-electron chi connectivity index (χ3n) is 4.31. The number of benzene rings is 1. The number of ether oxygens (including phenoxy) is 2. The maximum atomic E-state index is 6.10. The van der Waals surface area contributed by atoms with E-state index in [4.69, 9.17) is 9.47 Å². The van der Waals surface area contributed by atoms with Crippen LogP contribution < -0.4 is 5.43 Å². The molecule has 0 aromatic heterocycles. The average molecular weight is 276 g/mol. The summed E-state index contributed by atoms with van der Waals surface area (Å²) in [6.45, 7) is 0. The minimum Gasteiger partial charge on any atom is -0.356 e. The summed E-state index contributed by atoms with van der Waals surface area (Å²) in [5.41, 5.74) is 4.87. The molecule has 0 spiro atoms. The predicted molar refractivity (Wildman–Crippen MR) is 78.0 cm³/mol. The SMILES string of the molecule is CO[C@@H]1O[C@H]([C@H](Cc2ccccc2)NN(C)C)[C@H]2C[C@@H]12. The molecule has 1 heterocycles. The van der Waals surface area contributed by atoms with Gasteiger partial charge in [0.25, 0.3) is 0 Å². The van der Waals surface area contributed by atoms with E-state index in [1.54, 1.807) is 7.11 Å². The molecule has 0 radical (unpaired) electrons. The van der Waals surface area contributed by atoms with Gasteiger partial charge in [-0.05, 0) is 24.3 Å². The average Bonchev–Trinajstić information content (AvgIpc) is 3.13. The molecule has 1 aromatic rings. The second kappa shape index (κ2) is 5.82. The molecule has 1 saturated carbocycles. The monoisotopic (exact) mass is 276 g/mol. The van der Waals surface area contributed by atoms with Crippen LogP contribution in [-0.2, 0) is 15.9 Å². The second-order valence-corrected chi connectivity index (χ2v) is 6.09. The van der Waals surface area contributed by atoms with Crippen LogP contribution in [0.25, 0.3) is 0 Å². The van der Waals surface area contributed by atoms with Crippen molar-refractivity contribution in [1.82, 2.24) is 10.4 Å². The molecule has 20 heavy (non-hydrogen) atoms. The Balaban J connectivity index is 1.70. The van der Waals surface area contributed by atoms with Crippen molar-refractivity contribution in [3.8, 4) is 0 Å². The summed E-state index contributed by atoms with van der Waals surface area (Å²) < 4.78 is 11.5. The highest BCUT2D eigenvalue weighted by atomic mass is 16.7. The minimum absolute atomic E-state index is 0.00719. The van der Waals surface area contributed by atoms with Crippen molar-refractivity contribution in [2.75, 3.05) is 21.2 Å². The molecule has 2 fully saturated rings. The van der Waals surface area contributed by atoms with Crippen molar-refractivity contribution < 1.29 is 9.47 Å². The Morgan fingerprint density at radius 3 is 2.65 bits per heavy atom. The first kappa shape index (κ1) is 14.0. The van der Waals surface area contributed by atoms with E-state index in [-0.39, 0.29) is 12.4 Å². The van der Waals surface area contributed by atoms with Crippen molar-refractivity contribution >= 4 is 0 Å². The minimum atomic E-state index is -0.00719. The number of hydrazine groups is 1. The van der Waals surface area contributed by atoms with E-state index in [0.29, 0.717) is 17.9 Å². The molecular weight excluding hydrogens is 252 g/mol. The van der Waals surface area contributed by atoms with Gasteiger partial charge in [0.05, 0.1) is 12.1 Å². The van der Waals surface area contributed by atoms with Gasteiger partial charge in [0.1, 0.15) is 0 Å². The van der Waals surface area contributed by atoms with Crippen LogP contribution in [0, 0.1) is 11.8 Å². The van der Waals surface area contributed by atoms with Gasteiger partial charge in [0.2, 0.25) is 0 Å². The Bertz CT molecular complexity index is 437. The van der Waals surface area contributed by atoms with Crippen LogP contribution >= 0.6 is 0 Å². The van der Waals surface area contributed by atoms with E-state index in [1.807, 2.05) is 19.1 Å². The summed E-state index contributed by atoms with van der Waals surface area (Å²) in [5, 5.41) is 2.02. The Morgan fingerprint density at radius 1 is 1.30 bits per heavy atom. The molecule has 4 heteroatoms. The van der Waals surface area contributed by atoms with Gasteiger partial charge in [-0.3, -0.25) is 5.01 Å². The van der Waals surface area contributed by atoms with Crippen molar-refractivity contribution in [3.05, 3.63) is 35.9 Å². The molecule has 0 unspecified atom stereocenters. The lowest BCUT2D eigenvalue weighted by atomic mass is 9.99. The lowest BCUT2D eigenvalue weighted by Crippen LogP contribution is -2.49. The molecule has 0 bridgehead atoms. The molecule has 1 aromatic carbocycles. The standard InChI is InChI=1S/C16H24N2O2/c1-18(2)17-14(9-11-7-5-4-6-8-11)15-12-10-13(12)16(19-3)20-15/h4-8,12-17H,9-10H2,1-3H3/t12-,13+,14-,15-,16+/m0/s1. The smallest absolute Gasteiger partial charge is 0.160 e. The molecule has 1 N–H and O–H groups in total. The number of nitrogens with zero attached hydrogens (tertiary/aromatic N) is 1. The first-order chi connectivity index (χ1) is 9.69. The lowest BCUT2D eigenvalue weighted by molar-refractivity contribution is -0.146. The first-order valence-corrected chi connectivity index (χ1v) is 7.34. The Morgan fingerprint density at radius 2 is 2.05 bits per heavy atom. The molecule has 1 aliphatic heterocycles. The van der Waals surface area contributed by atoms with Gasteiger partial charge in [-0.2, -0.15) is 0 Å². The van der Waals surface area contributed by atoms with E-state index in [1.165, 1.54) is 12.0 Å². The first-order valence-electron chi connectivity index (χ1n) is 7.34. The highest BCUT2D eigenvalue weighted by molar-refractivity contribution is 5.17. The largest absolute Gasteiger partial charge is 0.356 e. The molecular formula is C16H24N2O2. The van der Waals surface area contributed by atoms with Crippen LogP contribution in [0.15, 0.2) is 30.3 Å². The van der Waals surface area contributed by atoms with Crippen molar-refractivity contribution in [1.29, 1.82) is 0 Å². The van der Waals surface area contributed by atoms with Crippen LogP contribution in [0.2, 0.25) is 0 Å². The van der Waals surface area contributed by atoms with Crippen LogP contribution in [0.4, 0.5) is 0 Å². The van der Waals surface area contributed by atoms with Gasteiger partial charge in [-0.25, -0.2) is 5.43 Å². The predicted octanol–water partition coefficient (Wildman–Crippen LogP) is 1.67.